The topological polar surface area (TPSA) is 98.0 Å². The lowest BCUT2D eigenvalue weighted by atomic mass is 9.87. The molecule has 0 heterocycles. The molecule has 0 aliphatic carbocycles. The predicted octanol–water partition coefficient (Wildman–Crippen LogP) is 3.66. The molecule has 148 valence electrons. The average Bonchev–Trinajstić information content (AvgIpc) is 2.55. The zero-order chi connectivity index (χ0) is 19.3. The zero-order valence-electron chi connectivity index (χ0n) is 16.2. The van der Waals surface area contributed by atoms with Gasteiger partial charge < -0.3 is 20.4 Å². The number of aliphatic hydroxyl groups excluding tert-OH is 3. The Hall–Kier alpha value is -0.910. The van der Waals surface area contributed by atoms with E-state index in [9.17, 15) is 20.1 Å². The van der Waals surface area contributed by atoms with Gasteiger partial charge in [-0.1, -0.05) is 64.0 Å². The number of unbranched alkanes of at least 4 members (excludes halogenated alkanes) is 5. The highest BCUT2D eigenvalue weighted by atomic mass is 16.4. The van der Waals surface area contributed by atoms with Gasteiger partial charge in [0.05, 0.1) is 23.7 Å². The normalized spacial score (nSPS) is 16.1. The van der Waals surface area contributed by atoms with Crippen molar-refractivity contribution >= 4 is 5.97 Å². The minimum atomic E-state index is -0.926. The number of aliphatic hydroxyl groups is 3. The lowest BCUT2D eigenvalue weighted by molar-refractivity contribution is -0.147. The van der Waals surface area contributed by atoms with E-state index in [1.807, 2.05) is 0 Å². The van der Waals surface area contributed by atoms with Gasteiger partial charge in [0.15, 0.2) is 0 Å². The Labute approximate surface area is 152 Å². The third kappa shape index (κ3) is 12.1. The Morgan fingerprint density at radius 1 is 0.920 bits per heavy atom. The molecule has 25 heavy (non-hydrogen) atoms. The van der Waals surface area contributed by atoms with E-state index in [-0.39, 0.29) is 0 Å². The van der Waals surface area contributed by atoms with Crippen LogP contribution in [0.5, 0.6) is 0 Å². The van der Waals surface area contributed by atoms with Crippen molar-refractivity contribution < 1.29 is 25.2 Å². The second-order valence-electron chi connectivity index (χ2n) is 7.65. The summed E-state index contributed by atoms with van der Waals surface area (Å²) in [4.78, 5) is 11.0. The maximum atomic E-state index is 11.0. The third-order valence-corrected chi connectivity index (χ3v) is 4.66. The van der Waals surface area contributed by atoms with Crippen molar-refractivity contribution in [3.63, 3.8) is 0 Å². The van der Waals surface area contributed by atoms with E-state index < -0.39 is 29.7 Å². The van der Waals surface area contributed by atoms with Gasteiger partial charge in [-0.05, 0) is 33.1 Å². The molecule has 5 nitrogen and oxygen atoms in total. The maximum absolute atomic E-state index is 11.0. The van der Waals surface area contributed by atoms with Gasteiger partial charge in [0.2, 0.25) is 0 Å². The summed E-state index contributed by atoms with van der Waals surface area (Å²) in [6, 6.07) is 0. The number of carbonyl (C=O) groups is 1. The molecule has 0 amide bonds. The third-order valence-electron chi connectivity index (χ3n) is 4.66. The van der Waals surface area contributed by atoms with Crippen molar-refractivity contribution in [1.29, 1.82) is 0 Å². The van der Waals surface area contributed by atoms with Gasteiger partial charge in [-0.2, -0.15) is 0 Å². The Morgan fingerprint density at radius 3 is 2.12 bits per heavy atom. The first kappa shape index (κ1) is 24.1. The van der Waals surface area contributed by atoms with Crippen molar-refractivity contribution in [2.45, 2.75) is 103 Å². The highest BCUT2D eigenvalue weighted by molar-refractivity contribution is 5.73. The van der Waals surface area contributed by atoms with Crippen LogP contribution in [0.2, 0.25) is 0 Å². The second kappa shape index (κ2) is 13.3. The number of carboxylic acid groups (broad SMARTS) is 1. The van der Waals surface area contributed by atoms with E-state index in [0.29, 0.717) is 19.3 Å². The van der Waals surface area contributed by atoms with Gasteiger partial charge in [0, 0.05) is 0 Å². The standard InChI is InChI=1S/C20H38O5/c1-4-5-8-12-17(22)18(23)14-13-16(21)11-9-6-7-10-15-20(2,3)19(24)25/h13-14,16-18,21-23H,4-12,15H2,1-3H3,(H,24,25)/b14-13+. The van der Waals surface area contributed by atoms with E-state index in [0.717, 1.165) is 44.9 Å². The van der Waals surface area contributed by atoms with Crippen molar-refractivity contribution in [2.75, 3.05) is 0 Å². The van der Waals surface area contributed by atoms with Gasteiger partial charge >= 0.3 is 5.97 Å². The van der Waals surface area contributed by atoms with Crippen molar-refractivity contribution in [1.82, 2.24) is 0 Å². The summed E-state index contributed by atoms with van der Waals surface area (Å²) in [5.74, 6) is -0.761. The summed E-state index contributed by atoms with van der Waals surface area (Å²) in [7, 11) is 0. The lowest BCUT2D eigenvalue weighted by Gasteiger charge is -2.18. The quantitative estimate of drug-likeness (QED) is 0.264. The monoisotopic (exact) mass is 358 g/mol. The minimum absolute atomic E-state index is 0.572. The summed E-state index contributed by atoms with van der Waals surface area (Å²) in [5.41, 5.74) is -0.670. The van der Waals surface area contributed by atoms with Crippen LogP contribution in [0.25, 0.3) is 0 Å². The smallest absolute Gasteiger partial charge is 0.309 e. The Morgan fingerprint density at radius 2 is 1.52 bits per heavy atom. The molecule has 4 N–H and O–H groups in total. The number of rotatable bonds is 15. The van der Waals surface area contributed by atoms with E-state index >= 15 is 0 Å². The van der Waals surface area contributed by atoms with E-state index in [4.69, 9.17) is 5.11 Å². The summed E-state index contributed by atoms with van der Waals surface area (Å²) in [6.07, 6.45) is 9.20. The number of aliphatic carboxylic acids is 1. The molecule has 0 aliphatic rings. The van der Waals surface area contributed by atoms with Gasteiger partial charge in [-0.3, -0.25) is 4.79 Å². The highest BCUT2D eigenvalue weighted by Crippen LogP contribution is 2.24. The first-order chi connectivity index (χ1) is 11.7. The molecule has 0 saturated heterocycles. The molecule has 0 rings (SSSR count). The van der Waals surface area contributed by atoms with Crippen LogP contribution < -0.4 is 0 Å². The SMILES string of the molecule is CCCCCC(O)C(O)/C=C/C(O)CCCCCCC(C)(C)C(=O)O. The lowest BCUT2D eigenvalue weighted by Crippen LogP contribution is -2.24. The fourth-order valence-corrected chi connectivity index (χ4v) is 2.62. The molecular formula is C20H38O5. The zero-order valence-corrected chi connectivity index (χ0v) is 16.2. The minimum Gasteiger partial charge on any atom is -0.481 e. The summed E-state index contributed by atoms with van der Waals surface area (Å²) in [6.45, 7) is 5.57. The molecule has 0 aromatic rings. The van der Waals surface area contributed by atoms with Gasteiger partial charge in [0.1, 0.15) is 0 Å². The predicted molar refractivity (Wildman–Crippen MR) is 100 cm³/mol. The molecular weight excluding hydrogens is 320 g/mol. The first-order valence-corrected chi connectivity index (χ1v) is 9.66. The van der Waals surface area contributed by atoms with Crippen LogP contribution in [0.3, 0.4) is 0 Å². The van der Waals surface area contributed by atoms with Gasteiger partial charge in [0.25, 0.3) is 0 Å². The van der Waals surface area contributed by atoms with Crippen LogP contribution in [-0.4, -0.2) is 44.7 Å². The highest BCUT2D eigenvalue weighted by Gasteiger charge is 2.25. The van der Waals surface area contributed by atoms with E-state index in [1.165, 1.54) is 6.08 Å². The number of carboxylic acids is 1. The molecule has 5 heteroatoms. The van der Waals surface area contributed by atoms with Gasteiger partial charge in [-0.25, -0.2) is 0 Å². The fraction of sp³-hybridized carbons (Fsp3) is 0.850. The van der Waals surface area contributed by atoms with E-state index in [2.05, 4.69) is 6.92 Å². The second-order valence-corrected chi connectivity index (χ2v) is 7.65. The Kier molecular flexibility index (Phi) is 12.8. The van der Waals surface area contributed by atoms with Crippen LogP contribution in [0.1, 0.15) is 85.0 Å². The molecule has 0 fully saturated rings. The summed E-state index contributed by atoms with van der Waals surface area (Å²) in [5, 5.41) is 38.6. The van der Waals surface area contributed by atoms with Crippen molar-refractivity contribution in [3.05, 3.63) is 12.2 Å². The molecule has 0 bridgehead atoms. The molecule has 0 saturated carbocycles. The molecule has 0 aromatic heterocycles. The van der Waals surface area contributed by atoms with Crippen molar-refractivity contribution in [3.8, 4) is 0 Å². The molecule has 0 aliphatic heterocycles. The number of hydrogen-bond acceptors (Lipinski definition) is 4. The molecule has 0 spiro atoms. The Balaban J connectivity index is 3.82. The van der Waals surface area contributed by atoms with Crippen LogP contribution in [-0.2, 0) is 4.79 Å². The average molecular weight is 359 g/mol. The first-order valence-electron chi connectivity index (χ1n) is 9.66. The van der Waals surface area contributed by atoms with Gasteiger partial charge in [-0.15, -0.1) is 0 Å². The van der Waals surface area contributed by atoms with Crippen LogP contribution >= 0.6 is 0 Å². The summed E-state index contributed by atoms with van der Waals surface area (Å²) >= 11 is 0. The summed E-state index contributed by atoms with van der Waals surface area (Å²) < 4.78 is 0. The van der Waals surface area contributed by atoms with Crippen LogP contribution in [0.4, 0.5) is 0 Å². The molecule has 3 unspecified atom stereocenters. The molecule has 0 radical (unpaired) electrons. The van der Waals surface area contributed by atoms with Crippen LogP contribution in [0.15, 0.2) is 12.2 Å². The van der Waals surface area contributed by atoms with E-state index in [1.54, 1.807) is 19.9 Å². The maximum Gasteiger partial charge on any atom is 0.309 e. The number of hydrogen-bond donors (Lipinski definition) is 4. The molecule has 3 atom stereocenters. The molecule has 0 aromatic carbocycles. The Bertz CT molecular complexity index is 378. The van der Waals surface area contributed by atoms with Crippen molar-refractivity contribution in [2.24, 2.45) is 5.41 Å². The largest absolute Gasteiger partial charge is 0.481 e. The van der Waals surface area contributed by atoms with Crippen LogP contribution in [0, 0.1) is 5.41 Å². The fourth-order valence-electron chi connectivity index (χ4n) is 2.62.